The molecule has 0 unspecified atom stereocenters. The van der Waals surface area contributed by atoms with Gasteiger partial charge in [0, 0.05) is 29.2 Å². The van der Waals surface area contributed by atoms with Gasteiger partial charge < -0.3 is 20.8 Å². The van der Waals surface area contributed by atoms with E-state index in [4.69, 9.17) is 22.6 Å². The van der Waals surface area contributed by atoms with Crippen molar-refractivity contribution in [3.05, 3.63) is 64.4 Å². The second kappa shape index (κ2) is 10.3. The number of carbonyl (C=O) groups is 2. The summed E-state index contributed by atoms with van der Waals surface area (Å²) in [4.78, 5) is 27.8. The van der Waals surface area contributed by atoms with E-state index < -0.39 is 47.9 Å². The van der Waals surface area contributed by atoms with E-state index in [-0.39, 0.29) is 24.3 Å². The van der Waals surface area contributed by atoms with Gasteiger partial charge in [-0.2, -0.15) is 0 Å². The number of carbonyl (C=O) groups excluding carboxylic acids is 2. The molecule has 37 heavy (non-hydrogen) atoms. The molecule has 2 aromatic rings. The first-order valence-corrected chi connectivity index (χ1v) is 12.7. The minimum atomic E-state index is -1.30. The maximum atomic E-state index is 14.2. The van der Waals surface area contributed by atoms with E-state index in [2.05, 4.69) is 10.6 Å². The number of hydrogen-bond acceptors (Lipinski definition) is 6. The highest BCUT2D eigenvalue weighted by atomic mass is 35.5. The lowest BCUT2D eigenvalue weighted by Gasteiger charge is -2.38. The van der Waals surface area contributed by atoms with Crippen molar-refractivity contribution in [1.29, 1.82) is 0 Å². The summed E-state index contributed by atoms with van der Waals surface area (Å²) in [6.07, 6.45) is -0.345. The average molecular weight is 533 g/mol. The summed E-state index contributed by atoms with van der Waals surface area (Å²) in [6, 6.07) is 9.63. The molecule has 0 aliphatic carbocycles. The molecule has 2 aliphatic rings. The molecule has 0 aromatic heterocycles. The predicted molar refractivity (Wildman–Crippen MR) is 139 cm³/mol. The van der Waals surface area contributed by atoms with Crippen LogP contribution in [0.4, 0.5) is 10.1 Å². The second-order valence-electron chi connectivity index (χ2n) is 11.1. The number of rotatable bonds is 7. The zero-order valence-electron chi connectivity index (χ0n) is 21.2. The van der Waals surface area contributed by atoms with Gasteiger partial charge >= 0.3 is 0 Å². The summed E-state index contributed by atoms with van der Waals surface area (Å²) in [5.74, 6) is 4.75. The fourth-order valence-corrected chi connectivity index (χ4v) is 6.06. The first kappa shape index (κ1) is 27.5. The Kier molecular flexibility index (Phi) is 7.65. The average Bonchev–Trinajstić information content (AvgIpc) is 3.24. The summed E-state index contributed by atoms with van der Waals surface area (Å²) in [5, 5.41) is 26.4. The van der Waals surface area contributed by atoms with E-state index in [1.54, 1.807) is 24.3 Å². The Labute approximate surface area is 221 Å². The molecular formula is C27H34ClFN4O4. The Balaban J connectivity index is 1.91. The third kappa shape index (κ3) is 4.98. The zero-order chi connectivity index (χ0) is 27.1. The van der Waals surface area contributed by atoms with Crippen LogP contribution >= 0.6 is 11.6 Å². The highest BCUT2D eigenvalue weighted by Gasteiger charge is 2.68. The van der Waals surface area contributed by atoms with Crippen LogP contribution < -0.4 is 16.5 Å². The van der Waals surface area contributed by atoms with E-state index >= 15 is 0 Å². The lowest BCUT2D eigenvalue weighted by atomic mass is 9.62. The number of hydrogen-bond donors (Lipinski definition) is 5. The molecule has 4 rings (SSSR count). The Morgan fingerprint density at radius 1 is 1.30 bits per heavy atom. The van der Waals surface area contributed by atoms with Crippen LogP contribution in [-0.4, -0.2) is 58.4 Å². The van der Waals surface area contributed by atoms with Crippen LogP contribution in [0.2, 0.25) is 5.02 Å². The van der Waals surface area contributed by atoms with Crippen molar-refractivity contribution in [1.82, 2.24) is 10.3 Å². The molecule has 2 amide bonds. The Morgan fingerprint density at radius 3 is 2.68 bits per heavy atom. The normalized spacial score (nSPS) is 26.3. The molecule has 6 N–H and O–H groups in total. The SMILES string of the molecule is CC(C)(C)C[C@H]1N(N)[C@@H](C(=O)NCC[C@H](O)CO)[C@H](c2cccc(Cl)c2)[C@@]12C(=O)Nc1cc(F)ccc12. The monoisotopic (exact) mass is 532 g/mol. The predicted octanol–water partition coefficient (Wildman–Crippen LogP) is 2.68. The van der Waals surface area contributed by atoms with Crippen molar-refractivity contribution in [2.75, 3.05) is 18.5 Å². The van der Waals surface area contributed by atoms with Crippen LogP contribution in [-0.2, 0) is 15.0 Å². The number of amides is 2. The quantitative estimate of drug-likeness (QED) is 0.349. The minimum absolute atomic E-state index is 0.109. The van der Waals surface area contributed by atoms with Gasteiger partial charge in [-0.1, -0.05) is 50.6 Å². The first-order chi connectivity index (χ1) is 17.4. The topological polar surface area (TPSA) is 128 Å². The lowest BCUT2D eigenvalue weighted by Crippen LogP contribution is -2.54. The number of nitrogens with two attached hydrogens (primary N) is 1. The number of anilines is 1. The highest BCUT2D eigenvalue weighted by Crippen LogP contribution is 2.59. The Bertz CT molecular complexity index is 1190. The number of nitrogens with one attached hydrogen (secondary N) is 2. The molecule has 2 aromatic carbocycles. The summed E-state index contributed by atoms with van der Waals surface area (Å²) in [6.45, 7) is 5.79. The third-order valence-electron chi connectivity index (χ3n) is 7.33. The standard InChI is InChI=1S/C27H34ClFN4O4/c1-26(2,3)13-21-27(19-8-7-17(29)12-20(19)32-25(27)37)22(15-5-4-6-16(28)11-15)23(33(21)30)24(36)31-10-9-18(35)14-34/h4-8,11-12,18,21-23,34-35H,9-10,13-14,30H2,1-3H3,(H,31,36)(H,32,37)/t18-,21+,22-,23+,27-/m0/s1. The fourth-order valence-electron chi connectivity index (χ4n) is 5.86. The summed E-state index contributed by atoms with van der Waals surface area (Å²) >= 11 is 6.37. The van der Waals surface area contributed by atoms with E-state index in [1.807, 2.05) is 26.8 Å². The van der Waals surface area contributed by atoms with Gasteiger partial charge in [0.2, 0.25) is 11.8 Å². The number of nitrogens with zero attached hydrogens (tertiary/aromatic N) is 1. The van der Waals surface area contributed by atoms with Crippen molar-refractivity contribution >= 4 is 29.1 Å². The van der Waals surface area contributed by atoms with Gasteiger partial charge in [-0.15, -0.1) is 0 Å². The number of halogens is 2. The summed E-state index contributed by atoms with van der Waals surface area (Å²) in [5.41, 5.74) is 0.0224. The zero-order valence-corrected chi connectivity index (χ0v) is 21.9. The van der Waals surface area contributed by atoms with Gasteiger partial charge in [0.1, 0.15) is 17.3 Å². The number of hydrazine groups is 1. The van der Waals surface area contributed by atoms with Crippen LogP contribution in [0.15, 0.2) is 42.5 Å². The molecule has 2 heterocycles. The number of benzene rings is 2. The third-order valence-corrected chi connectivity index (χ3v) is 7.57. The Morgan fingerprint density at radius 2 is 2.03 bits per heavy atom. The van der Waals surface area contributed by atoms with Gasteiger partial charge in [-0.3, -0.25) is 15.4 Å². The van der Waals surface area contributed by atoms with Gasteiger partial charge in [0.05, 0.1) is 12.7 Å². The molecular weight excluding hydrogens is 499 g/mol. The van der Waals surface area contributed by atoms with E-state index in [0.717, 1.165) is 0 Å². The van der Waals surface area contributed by atoms with Crippen molar-refractivity contribution in [2.45, 2.75) is 63.1 Å². The molecule has 1 spiro atoms. The van der Waals surface area contributed by atoms with Crippen LogP contribution in [0.25, 0.3) is 0 Å². The molecule has 5 atom stereocenters. The van der Waals surface area contributed by atoms with E-state index in [9.17, 15) is 19.1 Å². The van der Waals surface area contributed by atoms with E-state index in [1.165, 1.54) is 17.1 Å². The summed E-state index contributed by atoms with van der Waals surface area (Å²) < 4.78 is 14.2. The number of fused-ring (bicyclic) bond motifs is 2. The van der Waals surface area contributed by atoms with Crippen molar-refractivity contribution in [3.63, 3.8) is 0 Å². The molecule has 0 bridgehead atoms. The first-order valence-electron chi connectivity index (χ1n) is 12.4. The van der Waals surface area contributed by atoms with Gasteiger partial charge in [-0.25, -0.2) is 9.40 Å². The molecule has 200 valence electrons. The lowest BCUT2D eigenvalue weighted by molar-refractivity contribution is -0.126. The molecule has 1 fully saturated rings. The van der Waals surface area contributed by atoms with Crippen LogP contribution in [0.3, 0.4) is 0 Å². The fraction of sp³-hybridized carbons (Fsp3) is 0.481. The number of aliphatic hydroxyl groups is 2. The maximum absolute atomic E-state index is 14.2. The number of aliphatic hydroxyl groups excluding tert-OH is 2. The van der Waals surface area contributed by atoms with Crippen LogP contribution in [0, 0.1) is 11.2 Å². The largest absolute Gasteiger partial charge is 0.394 e. The molecule has 0 saturated carbocycles. The summed E-state index contributed by atoms with van der Waals surface area (Å²) in [7, 11) is 0. The molecule has 8 nitrogen and oxygen atoms in total. The molecule has 2 aliphatic heterocycles. The van der Waals surface area contributed by atoms with Crippen LogP contribution in [0.1, 0.15) is 50.7 Å². The molecule has 0 radical (unpaired) electrons. The van der Waals surface area contributed by atoms with Gasteiger partial charge in [0.15, 0.2) is 0 Å². The Hall–Kier alpha value is -2.56. The highest BCUT2D eigenvalue weighted by molar-refractivity contribution is 6.30. The molecule has 10 heteroatoms. The minimum Gasteiger partial charge on any atom is -0.394 e. The second-order valence-corrected chi connectivity index (χ2v) is 11.6. The molecule has 1 saturated heterocycles. The van der Waals surface area contributed by atoms with E-state index in [0.29, 0.717) is 28.3 Å². The van der Waals surface area contributed by atoms with Crippen molar-refractivity contribution < 1.29 is 24.2 Å². The van der Waals surface area contributed by atoms with Crippen molar-refractivity contribution in [2.24, 2.45) is 11.3 Å². The van der Waals surface area contributed by atoms with Crippen LogP contribution in [0.5, 0.6) is 0 Å². The smallest absolute Gasteiger partial charge is 0.239 e. The van der Waals surface area contributed by atoms with Gasteiger partial charge in [0.25, 0.3) is 0 Å². The maximum Gasteiger partial charge on any atom is 0.239 e. The van der Waals surface area contributed by atoms with Crippen molar-refractivity contribution in [3.8, 4) is 0 Å². The van der Waals surface area contributed by atoms with Gasteiger partial charge in [-0.05, 0) is 53.6 Å².